The molecule has 1 amide bonds. The van der Waals surface area contributed by atoms with Gasteiger partial charge in [0.2, 0.25) is 0 Å². The van der Waals surface area contributed by atoms with Gasteiger partial charge >= 0.3 is 0 Å². The third-order valence-corrected chi connectivity index (χ3v) is 4.64. The lowest BCUT2D eigenvalue weighted by molar-refractivity contribution is 0.0943. The number of carbonyl (C=O) groups excluding carboxylic acids is 1. The van der Waals surface area contributed by atoms with Crippen LogP contribution in [0.1, 0.15) is 27.4 Å². The van der Waals surface area contributed by atoms with Crippen LogP contribution in [0.2, 0.25) is 0 Å². The first kappa shape index (κ1) is 17.3. The zero-order valence-corrected chi connectivity index (χ0v) is 15.2. The molecule has 1 aliphatic rings. The largest absolute Gasteiger partial charge is 0.497 e. The summed E-state index contributed by atoms with van der Waals surface area (Å²) in [5.74, 6) is 0.832. The lowest BCUT2D eigenvalue weighted by Crippen LogP contribution is -2.24. The van der Waals surface area contributed by atoms with Crippen LogP contribution >= 0.6 is 0 Å². The van der Waals surface area contributed by atoms with Gasteiger partial charge in [0.25, 0.3) is 5.91 Å². The van der Waals surface area contributed by atoms with E-state index in [9.17, 15) is 4.79 Å². The van der Waals surface area contributed by atoms with Gasteiger partial charge in [0.1, 0.15) is 5.75 Å². The van der Waals surface area contributed by atoms with E-state index >= 15 is 0 Å². The fourth-order valence-corrected chi connectivity index (χ4v) is 3.23. The van der Waals surface area contributed by atoms with E-state index < -0.39 is 0 Å². The number of amides is 1. The first-order valence-corrected chi connectivity index (χ1v) is 8.65. The number of oxazole rings is 1. The minimum absolute atomic E-state index is 0.237. The number of aromatic nitrogens is 3. The van der Waals surface area contributed by atoms with Gasteiger partial charge in [-0.2, -0.15) is 5.10 Å². The van der Waals surface area contributed by atoms with Crippen molar-refractivity contribution >= 4 is 5.91 Å². The minimum atomic E-state index is -0.314. The second kappa shape index (κ2) is 7.24. The molecule has 4 rings (SSSR count). The second-order valence-electron chi connectivity index (χ2n) is 6.24. The third-order valence-electron chi connectivity index (χ3n) is 4.64. The Hall–Kier alpha value is -3.13. The maximum Gasteiger partial charge on any atom is 0.274 e. The molecule has 0 unspecified atom stereocenters. The summed E-state index contributed by atoms with van der Waals surface area (Å²) >= 11 is 0. The van der Waals surface area contributed by atoms with E-state index in [1.54, 1.807) is 19.2 Å². The smallest absolute Gasteiger partial charge is 0.274 e. The molecule has 0 fully saturated rings. The van der Waals surface area contributed by atoms with Gasteiger partial charge in [0.15, 0.2) is 17.8 Å². The zero-order valence-electron chi connectivity index (χ0n) is 15.2. The number of ether oxygens (including phenoxy) is 2. The van der Waals surface area contributed by atoms with Crippen molar-refractivity contribution in [2.45, 2.75) is 19.6 Å². The van der Waals surface area contributed by atoms with Gasteiger partial charge in [-0.15, -0.1) is 0 Å². The number of methoxy groups -OCH3 is 1. The fraction of sp³-hybridized carbons (Fsp3) is 0.316. The molecule has 1 aliphatic heterocycles. The standard InChI is InChI=1S/C19H20N4O4/c1-23-16-7-8-26-10-14(16)15(22-23)9-20-19(24)17-18(27-11-21-17)12-3-5-13(25-2)6-4-12/h3-6,11H,7-10H2,1-2H3,(H,20,24). The monoisotopic (exact) mass is 368 g/mol. The van der Waals surface area contributed by atoms with Gasteiger partial charge in [-0.25, -0.2) is 4.98 Å². The van der Waals surface area contributed by atoms with Crippen molar-refractivity contribution in [2.24, 2.45) is 7.05 Å². The summed E-state index contributed by atoms with van der Waals surface area (Å²) in [7, 11) is 3.51. The number of fused-ring (bicyclic) bond motifs is 1. The molecule has 3 heterocycles. The van der Waals surface area contributed by atoms with Crippen molar-refractivity contribution < 1.29 is 18.7 Å². The lowest BCUT2D eigenvalue weighted by atomic mass is 10.1. The third kappa shape index (κ3) is 3.31. The highest BCUT2D eigenvalue weighted by molar-refractivity contribution is 5.97. The first-order chi connectivity index (χ1) is 13.2. The van der Waals surface area contributed by atoms with Crippen LogP contribution in [0.4, 0.5) is 0 Å². The highest BCUT2D eigenvalue weighted by Crippen LogP contribution is 2.25. The fourth-order valence-electron chi connectivity index (χ4n) is 3.23. The van der Waals surface area contributed by atoms with Gasteiger partial charge in [0.05, 0.1) is 32.6 Å². The molecule has 0 aliphatic carbocycles. The predicted molar refractivity (Wildman–Crippen MR) is 96.2 cm³/mol. The lowest BCUT2D eigenvalue weighted by Gasteiger charge is -2.13. The Labute approximate surface area is 156 Å². The molecule has 8 nitrogen and oxygen atoms in total. The average Bonchev–Trinajstić information content (AvgIpc) is 3.32. The summed E-state index contributed by atoms with van der Waals surface area (Å²) in [5.41, 5.74) is 4.02. The maximum absolute atomic E-state index is 12.6. The molecule has 3 aromatic rings. The summed E-state index contributed by atoms with van der Waals surface area (Å²) in [4.78, 5) is 16.7. The first-order valence-electron chi connectivity index (χ1n) is 8.65. The quantitative estimate of drug-likeness (QED) is 0.741. The summed E-state index contributed by atoms with van der Waals surface area (Å²) in [6.45, 7) is 1.53. The molecule has 140 valence electrons. The van der Waals surface area contributed by atoms with Crippen LogP contribution in [0.3, 0.4) is 0 Å². The number of nitrogens with one attached hydrogen (secondary N) is 1. The molecule has 1 N–H and O–H groups in total. The number of hydrogen-bond acceptors (Lipinski definition) is 6. The molecule has 0 saturated carbocycles. The normalized spacial score (nSPS) is 13.3. The molecule has 0 saturated heterocycles. The van der Waals surface area contributed by atoms with Crippen LogP contribution in [0, 0.1) is 0 Å². The number of nitrogens with zero attached hydrogens (tertiary/aromatic N) is 3. The van der Waals surface area contributed by atoms with E-state index in [4.69, 9.17) is 13.9 Å². The Morgan fingerprint density at radius 1 is 1.33 bits per heavy atom. The summed E-state index contributed by atoms with van der Waals surface area (Å²) in [6.07, 6.45) is 2.10. The van der Waals surface area contributed by atoms with Crippen LogP contribution < -0.4 is 10.1 Å². The number of hydrogen-bond donors (Lipinski definition) is 1. The summed E-state index contributed by atoms with van der Waals surface area (Å²) in [6, 6.07) is 7.25. The molecular weight excluding hydrogens is 348 g/mol. The Bertz CT molecular complexity index is 959. The van der Waals surface area contributed by atoms with E-state index in [0.717, 1.165) is 34.7 Å². The Morgan fingerprint density at radius 3 is 2.93 bits per heavy atom. The zero-order chi connectivity index (χ0) is 18.8. The maximum atomic E-state index is 12.6. The summed E-state index contributed by atoms with van der Waals surface area (Å²) in [5, 5.41) is 7.39. The molecule has 0 bridgehead atoms. The number of benzene rings is 1. The highest BCUT2D eigenvalue weighted by atomic mass is 16.5. The van der Waals surface area contributed by atoms with E-state index in [-0.39, 0.29) is 11.6 Å². The van der Waals surface area contributed by atoms with Crippen LogP contribution in [0.5, 0.6) is 5.75 Å². The molecule has 0 spiro atoms. The topological polar surface area (TPSA) is 91.4 Å². The van der Waals surface area contributed by atoms with E-state index in [1.807, 2.05) is 23.9 Å². The molecule has 2 aromatic heterocycles. The van der Waals surface area contributed by atoms with Gasteiger partial charge < -0.3 is 19.2 Å². The van der Waals surface area contributed by atoms with Gasteiger partial charge in [0, 0.05) is 30.3 Å². The molecule has 27 heavy (non-hydrogen) atoms. The number of carbonyl (C=O) groups is 1. The Morgan fingerprint density at radius 2 is 2.15 bits per heavy atom. The molecule has 0 radical (unpaired) electrons. The number of aryl methyl sites for hydroxylation is 1. The van der Waals surface area contributed by atoms with Crippen molar-refractivity contribution in [3.8, 4) is 17.1 Å². The molecular formula is C19H20N4O4. The average molecular weight is 368 g/mol. The van der Waals surface area contributed by atoms with Crippen LogP contribution in [-0.4, -0.2) is 34.4 Å². The van der Waals surface area contributed by atoms with Crippen molar-refractivity contribution in [1.82, 2.24) is 20.1 Å². The molecule has 8 heteroatoms. The summed E-state index contributed by atoms with van der Waals surface area (Å²) < 4.78 is 18.0. The Balaban J connectivity index is 1.51. The van der Waals surface area contributed by atoms with Gasteiger partial charge in [-0.05, 0) is 24.3 Å². The minimum Gasteiger partial charge on any atom is -0.497 e. The van der Waals surface area contributed by atoms with Crippen molar-refractivity contribution in [1.29, 1.82) is 0 Å². The molecule has 0 atom stereocenters. The van der Waals surface area contributed by atoms with E-state index in [2.05, 4.69) is 15.4 Å². The molecule has 1 aromatic carbocycles. The van der Waals surface area contributed by atoms with Crippen LogP contribution in [0.15, 0.2) is 35.1 Å². The van der Waals surface area contributed by atoms with Gasteiger partial charge in [-0.3, -0.25) is 9.48 Å². The van der Waals surface area contributed by atoms with E-state index in [0.29, 0.717) is 25.5 Å². The highest BCUT2D eigenvalue weighted by Gasteiger charge is 2.22. The Kier molecular flexibility index (Phi) is 4.64. The predicted octanol–water partition coefficient (Wildman–Crippen LogP) is 2.09. The van der Waals surface area contributed by atoms with Crippen LogP contribution in [-0.2, 0) is 31.4 Å². The van der Waals surface area contributed by atoms with Crippen molar-refractivity contribution in [2.75, 3.05) is 13.7 Å². The van der Waals surface area contributed by atoms with Crippen molar-refractivity contribution in [3.05, 3.63) is 53.3 Å². The SMILES string of the molecule is COc1ccc(-c2ocnc2C(=O)NCc2nn(C)c3c2COCC3)cc1. The van der Waals surface area contributed by atoms with Crippen LogP contribution in [0.25, 0.3) is 11.3 Å². The van der Waals surface area contributed by atoms with Gasteiger partial charge in [-0.1, -0.05) is 0 Å². The van der Waals surface area contributed by atoms with Crippen molar-refractivity contribution in [3.63, 3.8) is 0 Å². The number of rotatable bonds is 5. The van der Waals surface area contributed by atoms with E-state index in [1.165, 1.54) is 6.39 Å². The second-order valence-corrected chi connectivity index (χ2v) is 6.24.